The first-order valence-electron chi connectivity index (χ1n) is 18.9. The first-order valence-corrected chi connectivity index (χ1v) is 20.8. The van der Waals surface area contributed by atoms with Gasteiger partial charge in [0.2, 0.25) is 0 Å². The molecule has 0 aliphatic carbocycles. The van der Waals surface area contributed by atoms with Gasteiger partial charge < -0.3 is 5.11 Å². The Bertz CT molecular complexity index is 1490. The van der Waals surface area contributed by atoms with Gasteiger partial charge in [-0.25, -0.2) is 0 Å². The van der Waals surface area contributed by atoms with Gasteiger partial charge in [0, 0.05) is 0 Å². The summed E-state index contributed by atoms with van der Waals surface area (Å²) < 4.78 is 19.6. The Balaban J connectivity index is 1.63. The van der Waals surface area contributed by atoms with E-state index in [4.69, 9.17) is 4.74 Å². The van der Waals surface area contributed by atoms with Crippen LogP contribution in [0.25, 0.3) is 0 Å². The monoisotopic (exact) mass is 752 g/mol. The molecule has 6 nitrogen and oxygen atoms in total. The molecule has 0 radical (unpaired) electrons. The van der Waals surface area contributed by atoms with Gasteiger partial charge in [0.1, 0.15) is 5.75 Å². The number of likely N-dealkylation sites (tertiary alicyclic amines) is 1. The van der Waals surface area contributed by atoms with E-state index in [0.717, 1.165) is 52.8 Å². The maximum atomic E-state index is 13.5. The van der Waals surface area contributed by atoms with Gasteiger partial charge in [0.25, 0.3) is 0 Å². The predicted molar refractivity (Wildman–Crippen MR) is 207 cm³/mol. The van der Waals surface area contributed by atoms with Crippen molar-refractivity contribution in [2.45, 2.75) is 192 Å². The number of esters is 1. The Labute approximate surface area is 315 Å². The molecular formula is C44H71CoNO5. The number of nitrogens with zero attached hydrogens (tertiary/aromatic N) is 1. The van der Waals surface area contributed by atoms with Crippen LogP contribution < -0.4 is 0 Å². The number of hydrogen-bond acceptors (Lipinski definition) is 6. The van der Waals surface area contributed by atoms with Crippen molar-refractivity contribution in [2.75, 3.05) is 6.54 Å². The van der Waals surface area contributed by atoms with E-state index in [9.17, 15) is 18.9 Å². The van der Waals surface area contributed by atoms with Crippen molar-refractivity contribution in [1.29, 1.82) is 0 Å². The number of piperidine rings is 1. The fraction of sp³-hybridized carbons (Fsp3) is 0.705. The molecule has 0 unspecified atom stereocenters. The summed E-state index contributed by atoms with van der Waals surface area (Å²) in [4.78, 5) is 15.7. The SMILES string of the molecule is CC(C)(C)c1cc(CCC(=O)OC2CC(C)(C)N(C[CH2][Co](=[O])[CH2]Cc3cc(C(C)(C)C)c(O)c(C(C)(C)C)c3)C(C)(C)C2)cc(C(C)(C)C)c1O. The predicted octanol–water partition coefficient (Wildman–Crippen LogP) is 10.8. The molecule has 0 bridgehead atoms. The summed E-state index contributed by atoms with van der Waals surface area (Å²) in [6, 6.07) is 8.29. The fourth-order valence-electron chi connectivity index (χ4n) is 7.80. The van der Waals surface area contributed by atoms with E-state index in [2.05, 4.69) is 128 Å². The standard InChI is InChI=1S/C28H46NO3.C16H25O.Co.O/c1-12-29-27(8,9)17-20(18-28(29,10)11)32-23(30)14-13-19-15-21(25(2,3)4)24(31)22(16-19)26(5,6)7;1-8-11-9-12(15(2,3)4)14(17)13(10-11)16(5,6)7;;/h15-16,20,31H,1,12-14,17-18H2,2-11H3;9-10,17H,1,8H2,2-7H3;;. The fourth-order valence-corrected chi connectivity index (χ4v) is 9.14. The van der Waals surface area contributed by atoms with Crippen LogP contribution in [0.2, 0.25) is 10.7 Å². The number of hydrogen-bond donors (Lipinski definition) is 2. The van der Waals surface area contributed by atoms with Gasteiger partial charge in [-0.2, -0.15) is 0 Å². The van der Waals surface area contributed by atoms with Crippen molar-refractivity contribution in [2.24, 2.45) is 0 Å². The van der Waals surface area contributed by atoms with Crippen LogP contribution in [0.5, 0.6) is 11.5 Å². The van der Waals surface area contributed by atoms with Gasteiger partial charge in [-0.15, -0.1) is 0 Å². The van der Waals surface area contributed by atoms with Crippen LogP contribution in [0, 0.1) is 0 Å². The molecule has 291 valence electrons. The maximum absolute atomic E-state index is 13.5. The minimum atomic E-state index is -1.40. The molecule has 1 aliphatic rings. The van der Waals surface area contributed by atoms with Gasteiger partial charge in [-0.05, 0) is 22.0 Å². The van der Waals surface area contributed by atoms with Crippen LogP contribution in [0.15, 0.2) is 24.3 Å². The van der Waals surface area contributed by atoms with Crippen LogP contribution in [0.4, 0.5) is 0 Å². The molecule has 0 atom stereocenters. The summed E-state index contributed by atoms with van der Waals surface area (Å²) in [6.07, 6.45) is 2.81. The number of aryl methyl sites for hydroxylation is 2. The minimum Gasteiger partial charge on any atom is -0.507 e. The number of rotatable bonds is 10. The van der Waals surface area contributed by atoms with Crippen LogP contribution in [0.1, 0.15) is 163 Å². The number of phenolic OH excluding ortho intramolecular Hbond substituents is 2. The molecule has 2 aromatic carbocycles. The van der Waals surface area contributed by atoms with Crippen molar-refractivity contribution >= 4 is 5.97 Å². The normalized spacial score (nSPS) is 17.8. The molecule has 1 heterocycles. The average Bonchev–Trinajstić information content (AvgIpc) is 2.92. The molecular weight excluding hydrogens is 681 g/mol. The van der Waals surface area contributed by atoms with Gasteiger partial charge in [0.15, 0.2) is 0 Å². The number of phenols is 2. The van der Waals surface area contributed by atoms with Crippen molar-refractivity contribution in [1.82, 2.24) is 4.90 Å². The molecule has 0 aromatic heterocycles. The van der Waals surface area contributed by atoms with Gasteiger partial charge >= 0.3 is 242 Å². The number of benzene rings is 2. The second-order valence-electron chi connectivity index (χ2n) is 20.3. The zero-order chi connectivity index (χ0) is 39.1. The molecule has 1 fully saturated rings. The molecule has 7 heteroatoms. The molecule has 1 aliphatic heterocycles. The Kier molecular flexibility index (Phi) is 12.9. The summed E-state index contributed by atoms with van der Waals surface area (Å²) in [5.74, 6) is 0.538. The number of ether oxygens (including phenoxy) is 1. The van der Waals surface area contributed by atoms with Crippen LogP contribution in [-0.2, 0) is 61.5 Å². The third-order valence-corrected chi connectivity index (χ3v) is 12.1. The molecule has 2 N–H and O–H groups in total. The summed E-state index contributed by atoms with van der Waals surface area (Å²) in [5.41, 5.74) is 4.55. The average molecular weight is 753 g/mol. The van der Waals surface area contributed by atoms with E-state index in [1.165, 1.54) is 0 Å². The number of carbonyl (C=O) groups excluding carboxylic acids is 1. The summed E-state index contributed by atoms with van der Waals surface area (Å²) >= 11 is -1.40. The molecule has 2 aromatic rings. The molecule has 0 amide bonds. The van der Waals surface area contributed by atoms with E-state index in [0.29, 0.717) is 35.1 Å². The van der Waals surface area contributed by atoms with E-state index >= 15 is 0 Å². The molecule has 0 saturated carbocycles. The zero-order valence-electron chi connectivity index (χ0n) is 34.9. The Hall–Kier alpha value is -2.22. The van der Waals surface area contributed by atoms with Crippen molar-refractivity contribution in [3.63, 3.8) is 0 Å². The number of aromatic hydroxyl groups is 2. The van der Waals surface area contributed by atoms with E-state index in [1.54, 1.807) is 0 Å². The molecule has 51 heavy (non-hydrogen) atoms. The van der Waals surface area contributed by atoms with Crippen molar-refractivity contribution in [3.8, 4) is 11.5 Å². The smallest absolute Gasteiger partial charge is 0.507 e. The number of carbonyl (C=O) groups is 1. The Morgan fingerprint density at radius 3 is 1.39 bits per heavy atom. The Morgan fingerprint density at radius 1 is 0.686 bits per heavy atom. The van der Waals surface area contributed by atoms with E-state index in [-0.39, 0.29) is 51.2 Å². The summed E-state index contributed by atoms with van der Waals surface area (Å²) in [6.45, 7) is 34.9. The minimum absolute atomic E-state index is 0.189. The van der Waals surface area contributed by atoms with E-state index < -0.39 is 13.6 Å². The van der Waals surface area contributed by atoms with Crippen molar-refractivity contribution < 1.29 is 37.2 Å². The zero-order valence-corrected chi connectivity index (χ0v) is 36.0. The second kappa shape index (κ2) is 15.3. The third kappa shape index (κ3) is 11.1. The first-order chi connectivity index (χ1) is 22.9. The van der Waals surface area contributed by atoms with Gasteiger partial charge in [-0.1, -0.05) is 41.5 Å². The van der Waals surface area contributed by atoms with Crippen molar-refractivity contribution in [3.05, 3.63) is 57.6 Å². The first kappa shape index (κ1) is 43.2. The topological polar surface area (TPSA) is 87.1 Å². The molecule has 1 saturated heterocycles. The summed E-state index contributed by atoms with van der Waals surface area (Å²) in [7, 11) is 0. The van der Waals surface area contributed by atoms with Crippen LogP contribution >= 0.6 is 0 Å². The van der Waals surface area contributed by atoms with E-state index in [1.807, 2.05) is 12.1 Å². The van der Waals surface area contributed by atoms with Gasteiger partial charge in [-0.3, -0.25) is 0 Å². The Morgan fingerprint density at radius 2 is 1.04 bits per heavy atom. The third-order valence-electron chi connectivity index (χ3n) is 10.4. The molecule has 3 rings (SSSR count). The van der Waals surface area contributed by atoms with Crippen LogP contribution in [0.3, 0.4) is 0 Å². The van der Waals surface area contributed by atoms with Gasteiger partial charge in [0.05, 0.1) is 0 Å². The second-order valence-corrected chi connectivity index (χ2v) is 22.5. The summed E-state index contributed by atoms with van der Waals surface area (Å²) in [5, 5.41) is 23.4. The quantitative estimate of drug-likeness (QED) is 0.235. The molecule has 0 spiro atoms. The van der Waals surface area contributed by atoms with Crippen LogP contribution in [-0.4, -0.2) is 44.8 Å².